The van der Waals surface area contributed by atoms with E-state index in [0.29, 0.717) is 17.5 Å². The minimum Gasteiger partial charge on any atom is -0.309 e. The van der Waals surface area contributed by atoms with Gasteiger partial charge in [0.05, 0.1) is 16.7 Å². The summed E-state index contributed by atoms with van der Waals surface area (Å²) in [4.78, 5) is 15.9. The van der Waals surface area contributed by atoms with E-state index < -0.39 is 0 Å². The summed E-state index contributed by atoms with van der Waals surface area (Å²) in [5, 5.41) is 7.03. The van der Waals surface area contributed by atoms with Crippen LogP contribution in [0.2, 0.25) is 0 Å². The molecule has 0 aliphatic heterocycles. The largest absolute Gasteiger partial charge is 0.309 e. The van der Waals surface area contributed by atoms with Gasteiger partial charge in [-0.1, -0.05) is 176 Å². The fourth-order valence-corrected chi connectivity index (χ4v) is 8.36. The lowest BCUT2D eigenvalue weighted by Crippen LogP contribution is -2.03. The van der Waals surface area contributed by atoms with Crippen molar-refractivity contribution in [3.8, 4) is 62.1 Å². The molecule has 0 spiro atoms. The molecule has 2 aromatic heterocycles. The third-order valence-corrected chi connectivity index (χ3v) is 11.0. The number of nitrogens with zero attached hydrogens (tertiary/aromatic N) is 4. The Bertz CT molecular complexity index is 3240. The van der Waals surface area contributed by atoms with Crippen molar-refractivity contribution in [3.63, 3.8) is 0 Å². The maximum atomic E-state index is 5.35. The zero-order valence-electron chi connectivity index (χ0n) is 30.9. The van der Waals surface area contributed by atoms with Crippen molar-refractivity contribution in [1.29, 1.82) is 0 Å². The molecule has 0 aliphatic rings. The molecule has 0 radical (unpaired) electrons. The van der Waals surface area contributed by atoms with E-state index in [2.05, 4.69) is 205 Å². The van der Waals surface area contributed by atoms with E-state index in [9.17, 15) is 0 Å². The van der Waals surface area contributed by atoms with Gasteiger partial charge in [-0.15, -0.1) is 0 Å². The van der Waals surface area contributed by atoms with Gasteiger partial charge in [0.25, 0.3) is 0 Å². The minimum atomic E-state index is 0.610. The average molecular weight is 727 g/mol. The summed E-state index contributed by atoms with van der Waals surface area (Å²) >= 11 is 0. The first-order valence-corrected chi connectivity index (χ1v) is 19.3. The van der Waals surface area contributed by atoms with E-state index in [4.69, 9.17) is 15.0 Å². The van der Waals surface area contributed by atoms with Gasteiger partial charge in [-0.3, -0.25) is 0 Å². The first kappa shape index (κ1) is 32.7. The van der Waals surface area contributed by atoms with Crippen LogP contribution < -0.4 is 0 Å². The standard InChI is InChI=1S/C53H34N4/c1-3-16-35(17-4-1)37-21-15-22-39(32-37)51-54-52(56-53(55-51)47-33-38-20-7-8-23-41(38)43-24-9-10-25-44(43)47)40-30-31-42(36-18-5-2-6-19-36)50(34-40)57-48-28-13-11-26-45(48)46-27-12-14-29-49(46)57/h1-34H. The van der Waals surface area contributed by atoms with Crippen molar-refractivity contribution in [2.75, 3.05) is 0 Å². The number of fused-ring (bicyclic) bond motifs is 6. The Morgan fingerprint density at radius 3 is 1.49 bits per heavy atom. The molecule has 0 saturated carbocycles. The molecule has 0 N–H and O–H groups in total. The highest BCUT2D eigenvalue weighted by Crippen LogP contribution is 2.39. The first-order chi connectivity index (χ1) is 28.3. The Morgan fingerprint density at radius 2 is 0.789 bits per heavy atom. The zero-order chi connectivity index (χ0) is 37.7. The number of hydrogen-bond donors (Lipinski definition) is 0. The van der Waals surface area contributed by atoms with Gasteiger partial charge >= 0.3 is 0 Å². The average Bonchev–Trinajstić information content (AvgIpc) is 3.63. The van der Waals surface area contributed by atoms with Crippen molar-refractivity contribution in [3.05, 3.63) is 206 Å². The van der Waals surface area contributed by atoms with Crippen LogP contribution in [0.5, 0.6) is 0 Å². The van der Waals surface area contributed by atoms with Crippen LogP contribution >= 0.6 is 0 Å². The first-order valence-electron chi connectivity index (χ1n) is 19.3. The molecule has 0 amide bonds. The minimum absolute atomic E-state index is 0.610. The van der Waals surface area contributed by atoms with Crippen molar-refractivity contribution in [2.45, 2.75) is 0 Å². The fraction of sp³-hybridized carbons (Fsp3) is 0. The van der Waals surface area contributed by atoms with Crippen LogP contribution in [0.15, 0.2) is 206 Å². The summed E-state index contributed by atoms with van der Waals surface area (Å²) in [6.07, 6.45) is 0. The van der Waals surface area contributed by atoms with E-state index in [1.807, 2.05) is 6.07 Å². The molecule has 4 heteroatoms. The molecule has 11 rings (SSSR count). The molecule has 0 bridgehead atoms. The van der Waals surface area contributed by atoms with Gasteiger partial charge < -0.3 is 4.57 Å². The van der Waals surface area contributed by atoms with Crippen LogP contribution in [0.3, 0.4) is 0 Å². The van der Waals surface area contributed by atoms with Gasteiger partial charge in [-0.2, -0.15) is 0 Å². The Morgan fingerprint density at radius 1 is 0.281 bits per heavy atom. The van der Waals surface area contributed by atoms with Gasteiger partial charge in [-0.05, 0) is 68.6 Å². The van der Waals surface area contributed by atoms with Crippen LogP contribution in [-0.2, 0) is 0 Å². The summed E-state index contributed by atoms with van der Waals surface area (Å²) in [6, 6.07) is 72.8. The fourth-order valence-electron chi connectivity index (χ4n) is 8.36. The molecule has 266 valence electrons. The number of benzene rings is 9. The number of para-hydroxylation sites is 2. The van der Waals surface area contributed by atoms with E-state index in [1.54, 1.807) is 0 Å². The van der Waals surface area contributed by atoms with E-state index >= 15 is 0 Å². The predicted octanol–water partition coefficient (Wildman–Crippen LogP) is 13.6. The van der Waals surface area contributed by atoms with Crippen molar-refractivity contribution < 1.29 is 0 Å². The molecule has 0 fully saturated rings. The lowest BCUT2D eigenvalue weighted by atomic mass is 9.96. The molecular formula is C53H34N4. The van der Waals surface area contributed by atoms with Crippen LogP contribution in [-0.4, -0.2) is 19.5 Å². The van der Waals surface area contributed by atoms with Crippen molar-refractivity contribution in [2.24, 2.45) is 0 Å². The number of rotatable bonds is 6. The maximum Gasteiger partial charge on any atom is 0.164 e. The summed E-state index contributed by atoms with van der Waals surface area (Å²) < 4.78 is 2.39. The molecule has 11 aromatic rings. The van der Waals surface area contributed by atoms with Gasteiger partial charge in [-0.25, -0.2) is 15.0 Å². The molecule has 0 aliphatic carbocycles. The summed E-state index contributed by atoms with van der Waals surface area (Å²) in [6.45, 7) is 0. The Labute approximate surface area is 330 Å². The Balaban J connectivity index is 1.19. The van der Waals surface area contributed by atoms with Gasteiger partial charge in [0, 0.05) is 33.0 Å². The van der Waals surface area contributed by atoms with Crippen LogP contribution in [0.4, 0.5) is 0 Å². The van der Waals surface area contributed by atoms with Crippen LogP contribution in [0.25, 0.3) is 105 Å². The molecule has 2 heterocycles. The van der Waals surface area contributed by atoms with E-state index in [1.165, 1.54) is 21.5 Å². The monoisotopic (exact) mass is 726 g/mol. The summed E-state index contributed by atoms with van der Waals surface area (Å²) in [7, 11) is 0. The smallest absolute Gasteiger partial charge is 0.164 e. The topological polar surface area (TPSA) is 43.6 Å². The molecule has 0 unspecified atom stereocenters. The Kier molecular flexibility index (Phi) is 7.78. The lowest BCUT2D eigenvalue weighted by Gasteiger charge is -2.17. The highest BCUT2D eigenvalue weighted by molar-refractivity contribution is 6.13. The number of aromatic nitrogens is 4. The number of hydrogen-bond acceptors (Lipinski definition) is 3. The molecule has 4 nitrogen and oxygen atoms in total. The molecular weight excluding hydrogens is 693 g/mol. The molecule has 9 aromatic carbocycles. The quantitative estimate of drug-likeness (QED) is 0.160. The Hall–Kier alpha value is -7.69. The second kappa shape index (κ2) is 13.6. The maximum absolute atomic E-state index is 5.35. The predicted molar refractivity (Wildman–Crippen MR) is 236 cm³/mol. The van der Waals surface area contributed by atoms with Crippen molar-refractivity contribution in [1.82, 2.24) is 19.5 Å². The normalized spacial score (nSPS) is 11.5. The van der Waals surface area contributed by atoms with E-state index in [0.717, 1.165) is 66.4 Å². The van der Waals surface area contributed by atoms with Crippen LogP contribution in [0, 0.1) is 0 Å². The van der Waals surface area contributed by atoms with Crippen LogP contribution in [0.1, 0.15) is 0 Å². The third-order valence-electron chi connectivity index (χ3n) is 11.0. The molecule has 0 saturated heterocycles. The zero-order valence-corrected chi connectivity index (χ0v) is 30.9. The second-order valence-electron chi connectivity index (χ2n) is 14.4. The molecule has 57 heavy (non-hydrogen) atoms. The van der Waals surface area contributed by atoms with Gasteiger partial charge in [0.2, 0.25) is 0 Å². The lowest BCUT2D eigenvalue weighted by molar-refractivity contribution is 1.07. The van der Waals surface area contributed by atoms with Gasteiger partial charge in [0.15, 0.2) is 17.5 Å². The summed E-state index contributed by atoms with van der Waals surface area (Å²) in [5.74, 6) is 1.86. The summed E-state index contributed by atoms with van der Waals surface area (Å²) in [5.41, 5.74) is 10.6. The SMILES string of the molecule is c1ccc(-c2cccc(-c3nc(-c4ccc(-c5ccccc5)c(-n5c6ccccc6c6ccccc65)c4)nc(-c4cc5ccccc5c5ccccc45)n3)c2)cc1. The highest BCUT2D eigenvalue weighted by Gasteiger charge is 2.20. The third kappa shape index (κ3) is 5.66. The highest BCUT2D eigenvalue weighted by atomic mass is 15.0. The van der Waals surface area contributed by atoms with Gasteiger partial charge in [0.1, 0.15) is 0 Å². The second-order valence-corrected chi connectivity index (χ2v) is 14.4. The van der Waals surface area contributed by atoms with Crippen molar-refractivity contribution >= 4 is 43.4 Å². The molecule has 0 atom stereocenters. The van der Waals surface area contributed by atoms with E-state index in [-0.39, 0.29) is 0 Å².